The molecule has 1 aromatic carbocycles. The number of ether oxygens (including phenoxy) is 1. The van der Waals surface area contributed by atoms with Gasteiger partial charge in [0.2, 0.25) is 0 Å². The number of nitrogens with one attached hydrogen (secondary N) is 1. The Morgan fingerprint density at radius 1 is 1.50 bits per heavy atom. The Balaban J connectivity index is 0.00000162. The lowest BCUT2D eigenvalue weighted by atomic mass is 9.80. The van der Waals surface area contributed by atoms with E-state index in [1.807, 2.05) is 13.8 Å². The molecule has 1 aliphatic heterocycles. The minimum atomic E-state index is -0.506. The van der Waals surface area contributed by atoms with Gasteiger partial charge in [0.25, 0.3) is 0 Å². The lowest BCUT2D eigenvalue weighted by Crippen LogP contribution is -2.47. The summed E-state index contributed by atoms with van der Waals surface area (Å²) in [6, 6.07) is 4.32. The first-order chi connectivity index (χ1) is 7.90. The lowest BCUT2D eigenvalue weighted by Gasteiger charge is -2.38. The molecule has 1 N–H and O–H groups in total. The second kappa shape index (κ2) is 5.45. The molecule has 0 radical (unpaired) electrons. The summed E-state index contributed by atoms with van der Waals surface area (Å²) in [6.45, 7) is 4.13. The molecule has 1 saturated heterocycles. The van der Waals surface area contributed by atoms with Gasteiger partial charge in [0.15, 0.2) is 0 Å². The lowest BCUT2D eigenvalue weighted by molar-refractivity contribution is 0.0377. The highest BCUT2D eigenvalue weighted by Crippen LogP contribution is 2.38. The van der Waals surface area contributed by atoms with Gasteiger partial charge in [-0.2, -0.15) is 0 Å². The van der Waals surface area contributed by atoms with Crippen LogP contribution in [-0.2, 0) is 4.74 Å². The average Bonchev–Trinajstić information content (AvgIpc) is 2.26. The van der Waals surface area contributed by atoms with Crippen LogP contribution in [0, 0.1) is 11.2 Å². The first kappa shape index (κ1) is 15.2. The number of carbonyl (C=O) groups excluding carboxylic acids is 1. The monoisotopic (exact) mass is 337 g/mol. The molecule has 1 aliphatic rings. The van der Waals surface area contributed by atoms with Crippen LogP contribution >= 0.6 is 28.3 Å². The fourth-order valence-electron chi connectivity index (χ4n) is 1.92. The van der Waals surface area contributed by atoms with Gasteiger partial charge in [-0.25, -0.2) is 9.18 Å². The summed E-state index contributed by atoms with van der Waals surface area (Å²) in [5.74, 6) is -0.325. The summed E-state index contributed by atoms with van der Waals surface area (Å²) in [5.41, 5.74) is 0.122. The Bertz CT molecular complexity index is 467. The summed E-state index contributed by atoms with van der Waals surface area (Å²) in [7, 11) is 0. The normalized spacial score (nSPS) is 21.6. The molecular weight excluding hydrogens is 324 g/mol. The molecule has 0 spiro atoms. The fourth-order valence-corrected chi connectivity index (χ4v) is 2.30. The fraction of sp³-hybridized carbons (Fsp3) is 0.417. The summed E-state index contributed by atoms with van der Waals surface area (Å²) >= 11 is 3.30. The van der Waals surface area contributed by atoms with Crippen molar-refractivity contribution >= 4 is 34.4 Å². The highest BCUT2D eigenvalue weighted by atomic mass is 79.9. The van der Waals surface area contributed by atoms with Crippen LogP contribution in [0.3, 0.4) is 0 Å². The summed E-state index contributed by atoms with van der Waals surface area (Å²) < 4.78 is 19.5. The number of cyclic esters (lactones) is 1. The van der Waals surface area contributed by atoms with Gasteiger partial charge in [-0.05, 0) is 18.2 Å². The highest BCUT2D eigenvalue weighted by molar-refractivity contribution is 9.10. The zero-order valence-electron chi connectivity index (χ0n) is 10.00. The molecule has 18 heavy (non-hydrogen) atoms. The van der Waals surface area contributed by atoms with Gasteiger partial charge in [-0.1, -0.05) is 29.8 Å². The molecule has 0 aromatic heterocycles. The average molecular weight is 339 g/mol. The molecule has 100 valence electrons. The maximum Gasteiger partial charge on any atom is 0.407 e. The molecule has 6 heteroatoms. The summed E-state index contributed by atoms with van der Waals surface area (Å²) in [5, 5.41) is 2.67. The van der Waals surface area contributed by atoms with Gasteiger partial charge in [0, 0.05) is 15.5 Å². The van der Waals surface area contributed by atoms with Crippen LogP contribution in [0.5, 0.6) is 0 Å². The number of carbonyl (C=O) groups is 1. The van der Waals surface area contributed by atoms with Crippen LogP contribution in [0.25, 0.3) is 0 Å². The molecule has 0 aliphatic carbocycles. The molecule has 0 saturated carbocycles. The number of halogens is 3. The van der Waals surface area contributed by atoms with Gasteiger partial charge >= 0.3 is 6.09 Å². The summed E-state index contributed by atoms with van der Waals surface area (Å²) in [4.78, 5) is 11.3. The molecular formula is C12H14BrClFNO2. The zero-order chi connectivity index (χ0) is 12.6. The van der Waals surface area contributed by atoms with Crippen molar-refractivity contribution in [3.63, 3.8) is 0 Å². The van der Waals surface area contributed by atoms with E-state index < -0.39 is 6.09 Å². The van der Waals surface area contributed by atoms with Gasteiger partial charge in [-0.15, -0.1) is 12.4 Å². The van der Waals surface area contributed by atoms with E-state index in [4.69, 9.17) is 4.74 Å². The Kier molecular flexibility index (Phi) is 4.61. The molecule has 0 bridgehead atoms. The first-order valence-corrected chi connectivity index (χ1v) is 6.08. The molecule has 0 unspecified atom stereocenters. The maximum absolute atomic E-state index is 13.8. The van der Waals surface area contributed by atoms with E-state index in [2.05, 4.69) is 21.2 Å². The van der Waals surface area contributed by atoms with Crippen molar-refractivity contribution in [1.82, 2.24) is 5.32 Å². The van der Waals surface area contributed by atoms with E-state index >= 15 is 0 Å². The topological polar surface area (TPSA) is 38.3 Å². The van der Waals surface area contributed by atoms with Crippen molar-refractivity contribution in [2.45, 2.75) is 19.9 Å². The van der Waals surface area contributed by atoms with Crippen molar-refractivity contribution in [3.8, 4) is 0 Å². The predicted molar refractivity (Wildman–Crippen MR) is 72.4 cm³/mol. The minimum absolute atomic E-state index is 0. The Hall–Kier alpha value is -0.810. The number of hydrogen-bond donors (Lipinski definition) is 1. The molecule has 3 nitrogen and oxygen atoms in total. The third-order valence-electron chi connectivity index (χ3n) is 2.89. The smallest absolute Gasteiger partial charge is 0.407 e. The molecule has 1 fully saturated rings. The van der Waals surface area contributed by atoms with E-state index in [9.17, 15) is 9.18 Å². The van der Waals surface area contributed by atoms with Crippen molar-refractivity contribution in [3.05, 3.63) is 34.1 Å². The van der Waals surface area contributed by atoms with Gasteiger partial charge < -0.3 is 10.1 Å². The van der Waals surface area contributed by atoms with Crippen LogP contribution in [0.15, 0.2) is 22.7 Å². The third-order valence-corrected chi connectivity index (χ3v) is 3.38. The maximum atomic E-state index is 13.8. The number of hydrogen-bond acceptors (Lipinski definition) is 2. The van der Waals surface area contributed by atoms with Crippen molar-refractivity contribution in [2.75, 3.05) is 6.61 Å². The van der Waals surface area contributed by atoms with Crippen LogP contribution < -0.4 is 5.32 Å². The largest absolute Gasteiger partial charge is 0.449 e. The van der Waals surface area contributed by atoms with Gasteiger partial charge in [0.05, 0.1) is 6.04 Å². The third kappa shape index (κ3) is 2.95. The van der Waals surface area contributed by atoms with Crippen molar-refractivity contribution in [2.24, 2.45) is 5.41 Å². The van der Waals surface area contributed by atoms with Crippen LogP contribution in [0.1, 0.15) is 25.5 Å². The Morgan fingerprint density at radius 2 is 2.17 bits per heavy atom. The zero-order valence-corrected chi connectivity index (χ0v) is 12.4. The Morgan fingerprint density at radius 3 is 2.83 bits per heavy atom. The number of rotatable bonds is 1. The number of alkyl carbamates (subject to hydrolysis) is 1. The molecule has 2 rings (SSSR count). The van der Waals surface area contributed by atoms with Crippen LogP contribution in [0.4, 0.5) is 9.18 Å². The standard InChI is InChI=1S/C12H13BrFNO2.ClH/c1-12(2)6-17-11(16)15-10(12)8-5-7(13)3-4-9(8)14;/h3-5,10H,6H2,1-2H3,(H,15,16);1H/t10-;/m0./s1. The van der Waals surface area contributed by atoms with Crippen LogP contribution in [-0.4, -0.2) is 12.7 Å². The molecule has 1 aromatic rings. The van der Waals surface area contributed by atoms with Crippen molar-refractivity contribution in [1.29, 1.82) is 0 Å². The van der Waals surface area contributed by atoms with E-state index in [1.165, 1.54) is 6.07 Å². The predicted octanol–water partition coefficient (Wildman–Crippen LogP) is 3.82. The second-order valence-electron chi connectivity index (χ2n) is 4.81. The number of benzene rings is 1. The molecule has 1 amide bonds. The second-order valence-corrected chi connectivity index (χ2v) is 5.72. The van der Waals surface area contributed by atoms with E-state index in [1.54, 1.807) is 12.1 Å². The highest BCUT2D eigenvalue weighted by Gasteiger charge is 2.39. The quantitative estimate of drug-likeness (QED) is 0.845. The Labute approximate surface area is 120 Å². The minimum Gasteiger partial charge on any atom is -0.449 e. The van der Waals surface area contributed by atoms with Gasteiger partial charge in [0.1, 0.15) is 12.4 Å². The van der Waals surface area contributed by atoms with Crippen LogP contribution in [0.2, 0.25) is 0 Å². The first-order valence-electron chi connectivity index (χ1n) is 5.28. The molecule has 1 heterocycles. The molecule has 1 atom stereocenters. The summed E-state index contributed by atoms with van der Waals surface area (Å²) in [6.07, 6.45) is -0.506. The van der Waals surface area contributed by atoms with E-state index in [0.29, 0.717) is 5.56 Å². The van der Waals surface area contributed by atoms with Gasteiger partial charge in [-0.3, -0.25) is 0 Å². The van der Waals surface area contributed by atoms with Crippen molar-refractivity contribution < 1.29 is 13.9 Å². The number of amides is 1. The SMILES string of the molecule is CC1(C)COC(=O)N[C@H]1c1cc(Br)ccc1F.Cl. The van der Waals surface area contributed by atoms with E-state index in [0.717, 1.165) is 4.47 Å². The van der Waals surface area contributed by atoms with E-state index in [-0.39, 0.29) is 36.3 Å².